The molecule has 0 unspecified atom stereocenters. The van der Waals surface area contributed by atoms with Crippen molar-refractivity contribution in [3.8, 4) is 0 Å². The number of unbranched alkanes of at least 4 members (excludes halogenated alkanes) is 1. The van der Waals surface area contributed by atoms with E-state index in [0.717, 1.165) is 29.2 Å². The standard InChI is InChI=1S/C31H24N2O4/c1-2-3-17-32-30(36)24-14-6-11-21-19(15-16-25(27(21)24)31(32)37)10-7-18-33-28(34)22-12-4-8-20-9-5-13-23(26(20)22)29(33)35/h4-16H,2-3,17-18H2,1H3/b10-7+. The summed E-state index contributed by atoms with van der Waals surface area (Å²) in [6, 6.07) is 20.0. The Morgan fingerprint density at radius 2 is 1.22 bits per heavy atom. The molecule has 0 aliphatic carbocycles. The third-order valence-electron chi connectivity index (χ3n) is 7.20. The van der Waals surface area contributed by atoms with Gasteiger partial charge in [-0.3, -0.25) is 29.0 Å². The van der Waals surface area contributed by atoms with E-state index in [-0.39, 0.29) is 30.2 Å². The first-order valence-electron chi connectivity index (χ1n) is 12.5. The minimum atomic E-state index is -0.320. The van der Waals surface area contributed by atoms with Gasteiger partial charge in [-0.15, -0.1) is 0 Å². The monoisotopic (exact) mass is 488 g/mol. The Kier molecular flexibility index (Phi) is 5.45. The minimum absolute atomic E-state index is 0.105. The van der Waals surface area contributed by atoms with Gasteiger partial charge in [0.25, 0.3) is 23.6 Å². The lowest BCUT2D eigenvalue weighted by atomic mass is 9.91. The number of nitrogens with zero attached hydrogens (tertiary/aromatic N) is 2. The fourth-order valence-electron chi connectivity index (χ4n) is 5.36. The predicted octanol–water partition coefficient (Wildman–Crippen LogP) is 5.70. The van der Waals surface area contributed by atoms with Crippen molar-refractivity contribution in [2.24, 2.45) is 0 Å². The summed E-state index contributed by atoms with van der Waals surface area (Å²) in [7, 11) is 0. The summed E-state index contributed by atoms with van der Waals surface area (Å²) in [4.78, 5) is 55.1. The lowest BCUT2D eigenvalue weighted by Crippen LogP contribution is -2.40. The van der Waals surface area contributed by atoms with Gasteiger partial charge in [-0.25, -0.2) is 0 Å². The van der Waals surface area contributed by atoms with E-state index in [1.54, 1.807) is 30.3 Å². The molecule has 0 radical (unpaired) electrons. The first-order valence-corrected chi connectivity index (χ1v) is 12.5. The average molecular weight is 489 g/mol. The van der Waals surface area contributed by atoms with Crippen LogP contribution >= 0.6 is 0 Å². The zero-order valence-electron chi connectivity index (χ0n) is 20.4. The van der Waals surface area contributed by atoms with Crippen LogP contribution in [-0.2, 0) is 0 Å². The van der Waals surface area contributed by atoms with Crippen molar-refractivity contribution < 1.29 is 19.2 Å². The summed E-state index contributed by atoms with van der Waals surface area (Å²) in [6.07, 6.45) is 5.26. The zero-order valence-corrected chi connectivity index (χ0v) is 20.4. The fraction of sp³-hybridized carbons (Fsp3) is 0.161. The molecule has 0 saturated carbocycles. The molecule has 4 amide bonds. The van der Waals surface area contributed by atoms with Gasteiger partial charge in [-0.05, 0) is 47.0 Å². The van der Waals surface area contributed by atoms with Crippen molar-refractivity contribution in [1.82, 2.24) is 9.80 Å². The van der Waals surface area contributed by atoms with Crippen LogP contribution in [0.25, 0.3) is 27.6 Å². The van der Waals surface area contributed by atoms with Gasteiger partial charge in [-0.1, -0.05) is 68.0 Å². The molecule has 2 aliphatic heterocycles. The van der Waals surface area contributed by atoms with E-state index >= 15 is 0 Å². The van der Waals surface area contributed by atoms with Crippen molar-refractivity contribution in [3.63, 3.8) is 0 Å². The second-order valence-corrected chi connectivity index (χ2v) is 9.38. The maximum Gasteiger partial charge on any atom is 0.261 e. The average Bonchev–Trinajstić information content (AvgIpc) is 2.92. The number of hydrogen-bond acceptors (Lipinski definition) is 4. The van der Waals surface area contributed by atoms with E-state index in [2.05, 4.69) is 0 Å². The third kappa shape index (κ3) is 3.48. The third-order valence-corrected chi connectivity index (χ3v) is 7.20. The Morgan fingerprint density at radius 1 is 0.649 bits per heavy atom. The molecule has 182 valence electrons. The summed E-state index contributed by atoms with van der Waals surface area (Å²) in [6.45, 7) is 2.53. The van der Waals surface area contributed by atoms with E-state index in [1.165, 1.54) is 9.80 Å². The summed E-state index contributed by atoms with van der Waals surface area (Å²) in [5.41, 5.74) is 2.89. The van der Waals surface area contributed by atoms with Crippen LogP contribution in [0.1, 0.15) is 66.8 Å². The molecule has 0 fully saturated rings. The molecule has 0 spiro atoms. The summed E-state index contributed by atoms with van der Waals surface area (Å²) in [5.74, 6) is -1.18. The molecule has 0 N–H and O–H groups in total. The number of hydrogen-bond donors (Lipinski definition) is 0. The van der Waals surface area contributed by atoms with E-state index in [9.17, 15) is 19.2 Å². The van der Waals surface area contributed by atoms with Crippen molar-refractivity contribution >= 4 is 51.2 Å². The molecule has 4 aromatic rings. The van der Waals surface area contributed by atoms with Gasteiger partial charge in [0, 0.05) is 46.1 Å². The number of carbonyl (C=O) groups excluding carboxylic acids is 4. The largest absolute Gasteiger partial charge is 0.274 e. The molecule has 0 atom stereocenters. The molecule has 6 rings (SSSR count). The molecular formula is C31H24N2O4. The minimum Gasteiger partial charge on any atom is -0.274 e. The molecule has 6 nitrogen and oxygen atoms in total. The topological polar surface area (TPSA) is 74.8 Å². The maximum absolute atomic E-state index is 13.2. The molecule has 4 aromatic carbocycles. The van der Waals surface area contributed by atoms with Crippen LogP contribution in [-0.4, -0.2) is 46.5 Å². The predicted molar refractivity (Wildman–Crippen MR) is 143 cm³/mol. The van der Waals surface area contributed by atoms with E-state index < -0.39 is 0 Å². The van der Waals surface area contributed by atoms with Gasteiger partial charge in [-0.2, -0.15) is 0 Å². The molecule has 0 saturated heterocycles. The first kappa shape index (κ1) is 22.9. The molecule has 0 bridgehead atoms. The first-order chi connectivity index (χ1) is 18.0. The number of rotatable bonds is 6. The van der Waals surface area contributed by atoms with Crippen LogP contribution in [0, 0.1) is 0 Å². The highest BCUT2D eigenvalue weighted by atomic mass is 16.2. The normalized spacial score (nSPS) is 15.1. The SMILES string of the molecule is CCCCN1C(=O)c2cccc3c(/C=C/CN4C(=O)c5cccc6cccc(c56)C4=O)ccc(c23)C1=O. The summed E-state index contributed by atoms with van der Waals surface area (Å²) >= 11 is 0. The highest BCUT2D eigenvalue weighted by Crippen LogP contribution is 2.33. The van der Waals surface area contributed by atoms with Crippen molar-refractivity contribution in [2.75, 3.05) is 13.1 Å². The van der Waals surface area contributed by atoms with Gasteiger partial charge in [0.05, 0.1) is 0 Å². The molecule has 37 heavy (non-hydrogen) atoms. The smallest absolute Gasteiger partial charge is 0.261 e. The highest BCUT2D eigenvalue weighted by molar-refractivity contribution is 6.27. The highest BCUT2D eigenvalue weighted by Gasteiger charge is 2.33. The van der Waals surface area contributed by atoms with Crippen LogP contribution in [0.4, 0.5) is 0 Å². The van der Waals surface area contributed by atoms with Gasteiger partial charge in [0.15, 0.2) is 0 Å². The molecule has 6 heteroatoms. The number of benzene rings is 4. The van der Waals surface area contributed by atoms with Crippen molar-refractivity contribution in [3.05, 3.63) is 101 Å². The number of carbonyl (C=O) groups is 4. The Balaban J connectivity index is 1.33. The Bertz CT molecular complexity index is 1610. The van der Waals surface area contributed by atoms with Crippen molar-refractivity contribution in [2.45, 2.75) is 19.8 Å². The summed E-state index contributed by atoms with van der Waals surface area (Å²) < 4.78 is 0. The van der Waals surface area contributed by atoms with E-state index in [1.807, 2.05) is 55.5 Å². The van der Waals surface area contributed by atoms with Crippen LogP contribution in [0.5, 0.6) is 0 Å². The van der Waals surface area contributed by atoms with Gasteiger partial charge >= 0.3 is 0 Å². The molecule has 0 aromatic heterocycles. The second kappa shape index (κ2) is 8.82. The van der Waals surface area contributed by atoms with E-state index in [4.69, 9.17) is 0 Å². The van der Waals surface area contributed by atoms with Crippen LogP contribution in [0.15, 0.2) is 72.8 Å². The zero-order chi connectivity index (χ0) is 25.7. The van der Waals surface area contributed by atoms with Crippen LogP contribution in [0.3, 0.4) is 0 Å². The number of imide groups is 2. The van der Waals surface area contributed by atoms with E-state index in [0.29, 0.717) is 39.6 Å². The molecular weight excluding hydrogens is 464 g/mol. The van der Waals surface area contributed by atoms with Gasteiger partial charge < -0.3 is 0 Å². The lowest BCUT2D eigenvalue weighted by Gasteiger charge is -2.27. The second-order valence-electron chi connectivity index (χ2n) is 9.38. The quantitative estimate of drug-likeness (QED) is 0.327. The molecule has 2 heterocycles. The molecule has 2 aliphatic rings. The van der Waals surface area contributed by atoms with Gasteiger partial charge in [0.2, 0.25) is 0 Å². The maximum atomic E-state index is 13.2. The van der Waals surface area contributed by atoms with Gasteiger partial charge in [0.1, 0.15) is 0 Å². The Hall–Kier alpha value is -4.58. The van der Waals surface area contributed by atoms with Crippen LogP contribution < -0.4 is 0 Å². The Morgan fingerprint density at radius 3 is 1.86 bits per heavy atom. The Labute approximate surface area is 213 Å². The van der Waals surface area contributed by atoms with Crippen LogP contribution in [0.2, 0.25) is 0 Å². The fourth-order valence-corrected chi connectivity index (χ4v) is 5.36. The summed E-state index contributed by atoms with van der Waals surface area (Å²) in [5, 5.41) is 3.01. The van der Waals surface area contributed by atoms with Crippen molar-refractivity contribution in [1.29, 1.82) is 0 Å². The number of amides is 4. The lowest BCUT2D eigenvalue weighted by molar-refractivity contribution is 0.0600.